The molecule has 0 spiro atoms. The molecule has 4 atom stereocenters. The van der Waals surface area contributed by atoms with Crippen molar-refractivity contribution in [3.8, 4) is 5.69 Å². The molecule has 0 saturated carbocycles. The molecule has 0 amide bonds. The number of hydrogen-bond acceptors (Lipinski definition) is 5. The minimum Gasteiger partial charge on any atom is -0.358 e. The lowest BCUT2D eigenvalue weighted by molar-refractivity contribution is -0.0366. The first-order chi connectivity index (χ1) is 21.9. The monoisotopic (exact) mass is 620 g/mol. The zero-order chi connectivity index (χ0) is 31.1. The zero-order valence-electron chi connectivity index (χ0n) is 24.6. The number of benzene rings is 4. The second kappa shape index (κ2) is 11.5. The van der Waals surface area contributed by atoms with E-state index >= 15 is 0 Å². The van der Waals surface area contributed by atoms with Gasteiger partial charge in [0.2, 0.25) is 0 Å². The Kier molecular flexibility index (Phi) is 7.39. The van der Waals surface area contributed by atoms with Crippen molar-refractivity contribution in [2.45, 2.75) is 42.5 Å². The fourth-order valence-corrected chi connectivity index (χ4v) is 8.28. The summed E-state index contributed by atoms with van der Waals surface area (Å²) in [5.74, 6) is -0.386. The van der Waals surface area contributed by atoms with Crippen LogP contribution in [0.1, 0.15) is 42.5 Å². The van der Waals surface area contributed by atoms with Gasteiger partial charge in [0.1, 0.15) is 18.3 Å². The first-order valence-corrected chi connectivity index (χ1v) is 16.4. The van der Waals surface area contributed by atoms with Crippen LogP contribution >= 0.6 is 0 Å². The van der Waals surface area contributed by atoms with Crippen LogP contribution in [-0.4, -0.2) is 39.5 Å². The summed E-state index contributed by atoms with van der Waals surface area (Å²) >= 11 is 0. The molecule has 45 heavy (non-hydrogen) atoms. The van der Waals surface area contributed by atoms with E-state index < -0.39 is 39.7 Å². The zero-order valence-corrected chi connectivity index (χ0v) is 25.4. The molecule has 0 aliphatic carbocycles. The van der Waals surface area contributed by atoms with Gasteiger partial charge in [-0.05, 0) is 48.4 Å². The highest BCUT2D eigenvalue weighted by Gasteiger charge is 2.50. The number of hydrogen-bond donors (Lipinski definition) is 0. The Morgan fingerprint density at radius 2 is 1.24 bits per heavy atom. The van der Waals surface area contributed by atoms with Gasteiger partial charge in [-0.3, -0.25) is 0 Å². The molecule has 0 radical (unpaired) electrons. The van der Waals surface area contributed by atoms with Crippen molar-refractivity contribution in [3.63, 3.8) is 0 Å². The van der Waals surface area contributed by atoms with E-state index in [4.69, 9.17) is 4.74 Å². The fraction of sp³-hybridized carbons (Fsp3) is 0.200. The van der Waals surface area contributed by atoms with E-state index in [0.717, 1.165) is 11.1 Å². The number of nitrogens with zero attached hydrogens (tertiary/aromatic N) is 4. The average Bonchev–Trinajstić information content (AvgIpc) is 3.35. The van der Waals surface area contributed by atoms with Crippen molar-refractivity contribution in [2.24, 2.45) is 0 Å². The first-order valence-electron chi connectivity index (χ1n) is 15.0. The van der Waals surface area contributed by atoms with Gasteiger partial charge in [0, 0.05) is 18.9 Å². The molecule has 3 heterocycles. The summed E-state index contributed by atoms with van der Waals surface area (Å²) in [5.41, 5.74) is 1.41. The molecule has 0 N–H and O–H groups in total. The Balaban J connectivity index is 1.56. The first kappa shape index (κ1) is 28.8. The highest BCUT2D eigenvalue weighted by molar-refractivity contribution is 7.89. The van der Waals surface area contributed by atoms with Crippen molar-refractivity contribution < 1.29 is 13.2 Å². The standard InChI is InChI=1S/C35H32N4O5S/c1-2-44-32-23-29(25-15-7-3-8-16-25)33-31(39(32)45(42,43)28-21-13-6-14-22-28)24-30(26-17-9-4-10-18-26)37-34(40)36(35(41)38(33)37)27-19-11-5-12-20-27/h3-22,24,29-30,32-33H,2,23H2,1H3/t29-,30-,32-,33-/m1/s1. The Hall–Kier alpha value is -4.93. The second-order valence-electron chi connectivity index (χ2n) is 11.1. The van der Waals surface area contributed by atoms with Crippen molar-refractivity contribution in [3.05, 3.63) is 165 Å². The van der Waals surface area contributed by atoms with E-state index in [1.807, 2.05) is 79.7 Å². The molecule has 1 saturated heterocycles. The number of allylic oxidation sites excluding steroid dienone is 2. The number of rotatable bonds is 7. The Labute approximate surface area is 260 Å². The van der Waals surface area contributed by atoms with Crippen LogP contribution in [0.3, 0.4) is 0 Å². The molecule has 7 rings (SSSR count). The number of ether oxygens (including phenoxy) is 1. The van der Waals surface area contributed by atoms with Crippen molar-refractivity contribution in [1.82, 2.24) is 18.2 Å². The van der Waals surface area contributed by atoms with E-state index in [1.54, 1.807) is 54.6 Å². The third kappa shape index (κ3) is 4.77. The predicted molar refractivity (Wildman–Crippen MR) is 171 cm³/mol. The van der Waals surface area contributed by atoms with Crippen LogP contribution in [-0.2, 0) is 14.8 Å². The highest BCUT2D eigenvalue weighted by atomic mass is 32.2. The van der Waals surface area contributed by atoms with Crippen LogP contribution in [0.15, 0.2) is 148 Å². The Bertz CT molecular complexity index is 2070. The second-order valence-corrected chi connectivity index (χ2v) is 12.9. The van der Waals surface area contributed by atoms with Crippen LogP contribution in [0.25, 0.3) is 5.69 Å². The number of para-hydroxylation sites is 1. The van der Waals surface area contributed by atoms with Crippen LogP contribution in [0.2, 0.25) is 0 Å². The topological polar surface area (TPSA) is 95.5 Å². The summed E-state index contributed by atoms with van der Waals surface area (Å²) in [6.07, 6.45) is 1.23. The van der Waals surface area contributed by atoms with E-state index in [-0.39, 0.29) is 23.8 Å². The molecule has 2 aliphatic heterocycles. The summed E-state index contributed by atoms with van der Waals surface area (Å²) < 4.78 is 40.8. The maximum absolute atomic E-state index is 14.6. The molecule has 0 bridgehead atoms. The summed E-state index contributed by atoms with van der Waals surface area (Å²) in [6.45, 7) is 2.11. The number of aromatic nitrogens is 3. The molecule has 228 valence electrons. The third-order valence-corrected chi connectivity index (χ3v) is 10.4. The molecule has 2 aliphatic rings. The minimum absolute atomic E-state index is 0.112. The van der Waals surface area contributed by atoms with Gasteiger partial charge < -0.3 is 4.74 Å². The Morgan fingerprint density at radius 3 is 1.84 bits per heavy atom. The maximum atomic E-state index is 14.6. The van der Waals surface area contributed by atoms with Crippen LogP contribution in [0.5, 0.6) is 0 Å². The summed E-state index contributed by atoms with van der Waals surface area (Å²) in [6, 6.07) is 34.5. The van der Waals surface area contributed by atoms with Crippen molar-refractivity contribution >= 4 is 10.0 Å². The lowest BCUT2D eigenvalue weighted by Gasteiger charge is -2.48. The lowest BCUT2D eigenvalue weighted by Crippen LogP contribution is -2.53. The molecule has 1 fully saturated rings. The number of sulfonamides is 1. The van der Waals surface area contributed by atoms with Gasteiger partial charge in [-0.1, -0.05) is 97.1 Å². The van der Waals surface area contributed by atoms with E-state index in [0.29, 0.717) is 11.4 Å². The van der Waals surface area contributed by atoms with Crippen LogP contribution in [0, 0.1) is 0 Å². The lowest BCUT2D eigenvalue weighted by atomic mass is 9.81. The summed E-state index contributed by atoms with van der Waals surface area (Å²) in [5, 5.41) is 0. The predicted octanol–water partition coefficient (Wildman–Crippen LogP) is 5.07. The largest absolute Gasteiger partial charge is 0.358 e. The van der Waals surface area contributed by atoms with Gasteiger partial charge in [0.15, 0.2) is 0 Å². The molecule has 9 nitrogen and oxygen atoms in total. The van der Waals surface area contributed by atoms with Crippen molar-refractivity contribution in [1.29, 1.82) is 0 Å². The van der Waals surface area contributed by atoms with Gasteiger partial charge in [-0.2, -0.15) is 0 Å². The smallest absolute Gasteiger partial charge is 0.352 e. The highest BCUT2D eigenvalue weighted by Crippen LogP contribution is 2.49. The molecule has 4 aromatic carbocycles. The van der Waals surface area contributed by atoms with Crippen LogP contribution < -0.4 is 11.4 Å². The molecule has 5 aromatic rings. The van der Waals surface area contributed by atoms with Gasteiger partial charge in [-0.15, -0.1) is 0 Å². The maximum Gasteiger partial charge on any atom is 0.352 e. The fourth-order valence-electron chi connectivity index (χ4n) is 6.65. The van der Waals surface area contributed by atoms with Gasteiger partial charge in [0.05, 0.1) is 16.3 Å². The summed E-state index contributed by atoms with van der Waals surface area (Å²) in [7, 11) is -4.16. The van der Waals surface area contributed by atoms with Gasteiger partial charge in [0.25, 0.3) is 10.0 Å². The van der Waals surface area contributed by atoms with E-state index in [9.17, 15) is 18.0 Å². The Morgan fingerprint density at radius 1 is 0.711 bits per heavy atom. The quantitative estimate of drug-likeness (QED) is 0.253. The minimum atomic E-state index is -4.16. The molecule has 0 unspecified atom stereocenters. The molecular formula is C35H32N4O5S. The van der Waals surface area contributed by atoms with Crippen molar-refractivity contribution in [2.75, 3.05) is 6.61 Å². The normalized spacial score (nSPS) is 21.1. The molecule has 1 aromatic heterocycles. The van der Waals surface area contributed by atoms with E-state index in [1.165, 1.54) is 18.2 Å². The summed E-state index contributed by atoms with van der Waals surface area (Å²) in [4.78, 5) is 29.0. The van der Waals surface area contributed by atoms with Gasteiger partial charge >= 0.3 is 11.4 Å². The third-order valence-electron chi connectivity index (χ3n) is 8.56. The van der Waals surface area contributed by atoms with Gasteiger partial charge in [-0.25, -0.2) is 36.2 Å². The van der Waals surface area contributed by atoms with E-state index in [2.05, 4.69) is 0 Å². The van der Waals surface area contributed by atoms with Crippen LogP contribution in [0.4, 0.5) is 0 Å². The number of fused-ring (bicyclic) bond motifs is 3. The number of piperidine rings is 1. The average molecular weight is 621 g/mol. The SMILES string of the molecule is CCO[C@@H]1C[C@H](c2ccccc2)[C@@H]2C(=C[C@H](c3ccccc3)n3c(=O)n(-c4ccccc4)c(=O)n32)N1S(=O)(=O)c1ccccc1. The molecular weight excluding hydrogens is 588 g/mol. The molecule has 10 heteroatoms.